The molecule has 1 N–H and O–H groups in total. The molecule has 0 radical (unpaired) electrons. The number of benzene rings is 1. The van der Waals surface area contributed by atoms with Crippen molar-refractivity contribution in [1.82, 2.24) is 15.1 Å². The van der Waals surface area contributed by atoms with Crippen molar-refractivity contribution in [2.75, 3.05) is 13.3 Å². The van der Waals surface area contributed by atoms with Crippen LogP contribution in [0.1, 0.15) is 22.9 Å². The summed E-state index contributed by atoms with van der Waals surface area (Å²) < 4.78 is 1.74. The van der Waals surface area contributed by atoms with Crippen molar-refractivity contribution in [1.29, 1.82) is 0 Å². The average Bonchev–Trinajstić information content (AvgIpc) is 2.70. The zero-order valence-electron chi connectivity index (χ0n) is 12.3. The van der Waals surface area contributed by atoms with Crippen LogP contribution in [-0.2, 0) is 13.5 Å². The minimum atomic E-state index is 0.235. The second-order valence-electron chi connectivity index (χ2n) is 4.77. The third-order valence-electron chi connectivity index (χ3n) is 3.54. The fourth-order valence-corrected chi connectivity index (χ4v) is 3.34. The smallest absolute Gasteiger partial charge is 0.130 e. The van der Waals surface area contributed by atoms with Gasteiger partial charge in [0.1, 0.15) is 5.15 Å². The molecule has 0 aliphatic rings. The van der Waals surface area contributed by atoms with Crippen LogP contribution in [0.3, 0.4) is 0 Å². The van der Waals surface area contributed by atoms with Crippen LogP contribution in [0.15, 0.2) is 29.2 Å². The third-order valence-corrected chi connectivity index (χ3v) is 4.83. The number of thioether (sulfide) groups is 1. The Morgan fingerprint density at radius 1 is 1.40 bits per heavy atom. The second kappa shape index (κ2) is 6.66. The topological polar surface area (TPSA) is 29.9 Å². The number of likely N-dealkylation sites (N-methyl/N-ethyl adjacent to an activating group) is 1. The zero-order valence-corrected chi connectivity index (χ0v) is 13.8. The maximum atomic E-state index is 6.34. The number of hydrogen-bond donors (Lipinski definition) is 1. The molecular formula is C15H20ClN3S. The number of hydrogen-bond acceptors (Lipinski definition) is 3. The van der Waals surface area contributed by atoms with Gasteiger partial charge in [-0.15, -0.1) is 11.8 Å². The van der Waals surface area contributed by atoms with E-state index >= 15 is 0 Å². The molecule has 0 saturated carbocycles. The Labute approximate surface area is 129 Å². The molecule has 0 spiro atoms. The molecule has 2 rings (SSSR count). The molecule has 0 fully saturated rings. The molecule has 5 heteroatoms. The normalized spacial score (nSPS) is 12.7. The molecule has 1 aromatic heterocycles. The lowest BCUT2D eigenvalue weighted by Gasteiger charge is -2.19. The van der Waals surface area contributed by atoms with E-state index in [0.717, 1.165) is 22.8 Å². The van der Waals surface area contributed by atoms with Gasteiger partial charge in [0.05, 0.1) is 5.69 Å². The minimum absolute atomic E-state index is 0.235. The van der Waals surface area contributed by atoms with Crippen molar-refractivity contribution < 1.29 is 0 Å². The van der Waals surface area contributed by atoms with Crippen molar-refractivity contribution in [3.8, 4) is 0 Å². The minimum Gasteiger partial charge on any atom is -0.313 e. The van der Waals surface area contributed by atoms with E-state index in [4.69, 9.17) is 11.6 Å². The van der Waals surface area contributed by atoms with Crippen LogP contribution in [0.2, 0.25) is 5.15 Å². The summed E-state index contributed by atoms with van der Waals surface area (Å²) in [5.74, 6) is 0. The Bertz CT molecular complexity index is 595. The molecule has 0 saturated heterocycles. The predicted molar refractivity (Wildman–Crippen MR) is 86.7 cm³/mol. The summed E-state index contributed by atoms with van der Waals surface area (Å²) in [7, 11) is 3.87. The maximum Gasteiger partial charge on any atom is 0.130 e. The number of rotatable bonds is 5. The van der Waals surface area contributed by atoms with E-state index in [1.54, 1.807) is 16.4 Å². The quantitative estimate of drug-likeness (QED) is 0.856. The second-order valence-corrected chi connectivity index (χ2v) is 5.97. The first kappa shape index (κ1) is 15.4. The standard InChI is InChI=1S/C15H20ClN3S/c1-10-12(15(16)19(3)18-10)9-13(17-2)11-7-5-6-8-14(11)20-4/h5-8,13,17H,9H2,1-4H3. The van der Waals surface area contributed by atoms with Gasteiger partial charge >= 0.3 is 0 Å². The first-order valence-electron chi connectivity index (χ1n) is 6.56. The number of nitrogens with one attached hydrogen (secondary N) is 1. The van der Waals surface area contributed by atoms with Crippen molar-refractivity contribution in [3.63, 3.8) is 0 Å². The van der Waals surface area contributed by atoms with Crippen molar-refractivity contribution in [2.45, 2.75) is 24.3 Å². The lowest BCUT2D eigenvalue weighted by molar-refractivity contribution is 0.581. The van der Waals surface area contributed by atoms with Crippen LogP contribution in [0.25, 0.3) is 0 Å². The fraction of sp³-hybridized carbons (Fsp3) is 0.400. The average molecular weight is 310 g/mol. The zero-order chi connectivity index (χ0) is 14.7. The number of aromatic nitrogens is 2. The van der Waals surface area contributed by atoms with E-state index < -0.39 is 0 Å². The molecule has 0 aliphatic carbocycles. The van der Waals surface area contributed by atoms with Crippen molar-refractivity contribution in [3.05, 3.63) is 46.2 Å². The van der Waals surface area contributed by atoms with E-state index in [9.17, 15) is 0 Å². The summed E-state index contributed by atoms with van der Waals surface area (Å²) in [5.41, 5.74) is 3.42. The highest BCUT2D eigenvalue weighted by molar-refractivity contribution is 7.98. The molecule has 2 aromatic rings. The summed E-state index contributed by atoms with van der Waals surface area (Å²) >= 11 is 8.11. The molecule has 1 unspecified atom stereocenters. The highest BCUT2D eigenvalue weighted by atomic mass is 35.5. The van der Waals surface area contributed by atoms with Crippen LogP contribution >= 0.6 is 23.4 Å². The molecule has 1 heterocycles. The summed E-state index contributed by atoms with van der Waals surface area (Å²) in [6.07, 6.45) is 2.94. The number of nitrogens with zero attached hydrogens (tertiary/aromatic N) is 2. The van der Waals surface area contributed by atoms with Gasteiger partial charge < -0.3 is 5.32 Å². The summed E-state index contributed by atoms with van der Waals surface area (Å²) in [5, 5.41) is 8.51. The van der Waals surface area contributed by atoms with Gasteiger partial charge in [0.2, 0.25) is 0 Å². The van der Waals surface area contributed by atoms with Crippen molar-refractivity contribution in [2.24, 2.45) is 7.05 Å². The Hall–Kier alpha value is -0.970. The summed E-state index contributed by atoms with van der Waals surface area (Å²) in [4.78, 5) is 1.30. The Morgan fingerprint density at radius 3 is 2.65 bits per heavy atom. The van der Waals surface area contributed by atoms with Crippen LogP contribution in [0, 0.1) is 6.92 Å². The first-order chi connectivity index (χ1) is 9.58. The Kier molecular flexibility index (Phi) is 5.13. The fourth-order valence-electron chi connectivity index (χ4n) is 2.43. The van der Waals surface area contributed by atoms with Gasteiger partial charge in [-0.3, -0.25) is 4.68 Å². The summed E-state index contributed by atoms with van der Waals surface area (Å²) in [6, 6.07) is 8.72. The monoisotopic (exact) mass is 309 g/mol. The molecule has 0 aliphatic heterocycles. The molecule has 0 bridgehead atoms. The lowest BCUT2D eigenvalue weighted by atomic mass is 9.99. The molecule has 108 valence electrons. The highest BCUT2D eigenvalue weighted by Gasteiger charge is 2.19. The molecule has 20 heavy (non-hydrogen) atoms. The molecule has 1 atom stereocenters. The molecule has 1 aromatic carbocycles. The lowest BCUT2D eigenvalue weighted by Crippen LogP contribution is -2.20. The molecule has 0 amide bonds. The number of halogens is 1. The van der Waals surface area contributed by atoms with E-state index in [0.29, 0.717) is 0 Å². The van der Waals surface area contributed by atoms with Gasteiger partial charge in [-0.25, -0.2) is 0 Å². The third kappa shape index (κ3) is 3.03. The Morgan fingerprint density at radius 2 is 2.10 bits per heavy atom. The van der Waals surface area contributed by atoms with Crippen LogP contribution in [-0.4, -0.2) is 23.1 Å². The van der Waals surface area contributed by atoms with Gasteiger partial charge in [0, 0.05) is 23.5 Å². The molecular weight excluding hydrogens is 290 g/mol. The van der Waals surface area contributed by atoms with E-state index in [-0.39, 0.29) is 6.04 Å². The van der Waals surface area contributed by atoms with Crippen LogP contribution < -0.4 is 5.32 Å². The van der Waals surface area contributed by atoms with Crippen LogP contribution in [0.5, 0.6) is 0 Å². The van der Waals surface area contributed by atoms with Crippen LogP contribution in [0.4, 0.5) is 0 Å². The van der Waals surface area contributed by atoms with Gasteiger partial charge in [-0.1, -0.05) is 29.8 Å². The van der Waals surface area contributed by atoms with Gasteiger partial charge in [-0.2, -0.15) is 5.10 Å². The van der Waals surface area contributed by atoms with E-state index in [2.05, 4.69) is 40.9 Å². The van der Waals surface area contributed by atoms with Gasteiger partial charge in [0.15, 0.2) is 0 Å². The Balaban J connectivity index is 2.34. The highest BCUT2D eigenvalue weighted by Crippen LogP contribution is 2.30. The maximum absolute atomic E-state index is 6.34. The van der Waals surface area contributed by atoms with Crippen molar-refractivity contribution >= 4 is 23.4 Å². The van der Waals surface area contributed by atoms with Gasteiger partial charge in [-0.05, 0) is 38.3 Å². The molecule has 3 nitrogen and oxygen atoms in total. The SMILES string of the molecule is CNC(Cc1c(C)nn(C)c1Cl)c1ccccc1SC. The van der Waals surface area contributed by atoms with Gasteiger partial charge in [0.25, 0.3) is 0 Å². The van der Waals surface area contributed by atoms with E-state index in [1.807, 2.05) is 21.0 Å². The summed E-state index contributed by atoms with van der Waals surface area (Å²) in [6.45, 7) is 2.01. The van der Waals surface area contributed by atoms with E-state index in [1.165, 1.54) is 10.5 Å². The first-order valence-corrected chi connectivity index (χ1v) is 8.16. The largest absolute Gasteiger partial charge is 0.313 e. The predicted octanol–water partition coefficient (Wildman–Crippen LogP) is 3.61. The number of aryl methyl sites for hydroxylation is 2.